The summed E-state index contributed by atoms with van der Waals surface area (Å²) in [5.74, 6) is -0.822. The zero-order valence-electron chi connectivity index (χ0n) is 15.6. The van der Waals surface area contributed by atoms with Gasteiger partial charge in [0.15, 0.2) is 0 Å². The summed E-state index contributed by atoms with van der Waals surface area (Å²) in [6.07, 6.45) is 1.61. The largest absolute Gasteiger partial charge is 0.372 e. The number of anilines is 2. The van der Waals surface area contributed by atoms with Crippen molar-refractivity contribution in [3.63, 3.8) is 0 Å². The third-order valence-electron chi connectivity index (χ3n) is 4.64. The van der Waals surface area contributed by atoms with Crippen molar-refractivity contribution in [2.45, 2.75) is 20.8 Å². The fourth-order valence-corrected chi connectivity index (χ4v) is 3.17. The third kappa shape index (κ3) is 3.83. The maximum absolute atomic E-state index is 12.7. The van der Waals surface area contributed by atoms with Gasteiger partial charge in [-0.1, -0.05) is 29.8 Å². The Morgan fingerprint density at radius 3 is 2.33 bits per heavy atom. The number of carbonyl (C=O) groups is 2. The molecule has 1 heterocycles. The zero-order valence-corrected chi connectivity index (χ0v) is 16.4. The molecular weight excluding hydrogens is 362 g/mol. The number of hydrazine groups is 1. The lowest BCUT2D eigenvalue weighted by Crippen LogP contribution is -2.35. The Morgan fingerprint density at radius 2 is 1.74 bits per heavy atom. The SMILES string of the molecule is CCN(CC)c1ccc(C=C2C(=O)NN(c3ccc(C)c(Cl)c3)C2=O)cc1. The summed E-state index contributed by atoms with van der Waals surface area (Å²) in [6, 6.07) is 13.0. The van der Waals surface area contributed by atoms with Crippen molar-refractivity contribution in [1.82, 2.24) is 5.43 Å². The van der Waals surface area contributed by atoms with E-state index in [0.717, 1.165) is 29.9 Å². The fraction of sp³-hybridized carbons (Fsp3) is 0.238. The molecule has 140 valence electrons. The number of nitrogens with one attached hydrogen (secondary N) is 1. The first-order valence-electron chi connectivity index (χ1n) is 8.93. The maximum atomic E-state index is 12.7. The Labute approximate surface area is 164 Å². The molecule has 1 fully saturated rings. The van der Waals surface area contributed by atoms with Crippen LogP contribution in [0.1, 0.15) is 25.0 Å². The van der Waals surface area contributed by atoms with Gasteiger partial charge in [0, 0.05) is 23.8 Å². The van der Waals surface area contributed by atoms with E-state index in [1.807, 2.05) is 37.3 Å². The molecule has 0 unspecified atom stereocenters. The normalized spacial score (nSPS) is 15.4. The molecule has 0 bridgehead atoms. The number of hydrogen-bond donors (Lipinski definition) is 1. The second-order valence-electron chi connectivity index (χ2n) is 6.34. The molecule has 3 rings (SSSR count). The highest BCUT2D eigenvalue weighted by molar-refractivity contribution is 6.33. The predicted molar refractivity (Wildman–Crippen MR) is 110 cm³/mol. The van der Waals surface area contributed by atoms with Gasteiger partial charge in [-0.3, -0.25) is 15.0 Å². The molecular formula is C21H22ClN3O2. The van der Waals surface area contributed by atoms with E-state index >= 15 is 0 Å². The average molecular weight is 384 g/mol. The van der Waals surface area contributed by atoms with Crippen LogP contribution in [-0.4, -0.2) is 24.9 Å². The minimum Gasteiger partial charge on any atom is -0.372 e. The van der Waals surface area contributed by atoms with E-state index in [4.69, 9.17) is 11.6 Å². The number of hydrogen-bond acceptors (Lipinski definition) is 3. The van der Waals surface area contributed by atoms with Crippen molar-refractivity contribution >= 4 is 40.9 Å². The van der Waals surface area contributed by atoms with Gasteiger partial charge in [-0.25, -0.2) is 5.01 Å². The molecule has 0 spiro atoms. The van der Waals surface area contributed by atoms with Gasteiger partial charge in [-0.05, 0) is 62.2 Å². The van der Waals surface area contributed by atoms with Crippen LogP contribution >= 0.6 is 11.6 Å². The van der Waals surface area contributed by atoms with E-state index in [1.165, 1.54) is 5.01 Å². The number of benzene rings is 2. The monoisotopic (exact) mass is 383 g/mol. The van der Waals surface area contributed by atoms with Crippen molar-refractivity contribution < 1.29 is 9.59 Å². The molecule has 1 N–H and O–H groups in total. The molecule has 6 heteroatoms. The zero-order chi connectivity index (χ0) is 19.6. The van der Waals surface area contributed by atoms with Crippen LogP contribution in [0.25, 0.3) is 6.08 Å². The third-order valence-corrected chi connectivity index (χ3v) is 5.04. The highest BCUT2D eigenvalue weighted by atomic mass is 35.5. The van der Waals surface area contributed by atoms with Crippen LogP contribution in [0.2, 0.25) is 5.02 Å². The highest BCUT2D eigenvalue weighted by Gasteiger charge is 2.34. The van der Waals surface area contributed by atoms with Gasteiger partial charge in [0.2, 0.25) is 0 Å². The molecule has 27 heavy (non-hydrogen) atoms. The molecule has 1 aliphatic heterocycles. The van der Waals surface area contributed by atoms with Crippen LogP contribution in [-0.2, 0) is 9.59 Å². The van der Waals surface area contributed by atoms with Crippen molar-refractivity contribution in [2.24, 2.45) is 0 Å². The standard InChI is InChI=1S/C21H22ClN3O2/c1-4-24(5-2)16-10-7-15(8-11-16)12-18-20(26)23-25(21(18)27)17-9-6-14(3)19(22)13-17/h6-13H,4-5H2,1-3H3,(H,23,26). The van der Waals surface area contributed by atoms with Crippen LogP contribution in [0.3, 0.4) is 0 Å². The maximum Gasteiger partial charge on any atom is 0.282 e. The molecule has 0 radical (unpaired) electrons. The number of carbonyl (C=O) groups excluding carboxylic acids is 2. The fourth-order valence-electron chi connectivity index (χ4n) is 3.00. The van der Waals surface area contributed by atoms with Gasteiger partial charge in [0.25, 0.3) is 11.8 Å². The molecule has 2 aromatic carbocycles. The quantitative estimate of drug-likeness (QED) is 0.628. The molecule has 0 aliphatic carbocycles. The minimum atomic E-state index is -0.426. The van der Waals surface area contributed by atoms with Crippen LogP contribution in [0.15, 0.2) is 48.0 Å². The van der Waals surface area contributed by atoms with Crippen LogP contribution in [0.5, 0.6) is 0 Å². The lowest BCUT2D eigenvalue weighted by atomic mass is 10.1. The van der Waals surface area contributed by atoms with Crippen LogP contribution in [0, 0.1) is 6.92 Å². The van der Waals surface area contributed by atoms with Gasteiger partial charge < -0.3 is 4.90 Å². The Kier molecular flexibility index (Phi) is 5.51. The minimum absolute atomic E-state index is 0.0993. The second kappa shape index (κ2) is 7.84. The lowest BCUT2D eigenvalue weighted by molar-refractivity contribution is -0.117. The van der Waals surface area contributed by atoms with Gasteiger partial charge in [0.1, 0.15) is 5.57 Å². The molecule has 1 saturated heterocycles. The summed E-state index contributed by atoms with van der Waals surface area (Å²) in [4.78, 5) is 27.2. The Balaban J connectivity index is 1.85. The van der Waals surface area contributed by atoms with Crippen LogP contribution < -0.4 is 15.3 Å². The van der Waals surface area contributed by atoms with E-state index in [0.29, 0.717) is 10.7 Å². The van der Waals surface area contributed by atoms with Crippen molar-refractivity contribution in [2.75, 3.05) is 23.0 Å². The average Bonchev–Trinajstić information content (AvgIpc) is 2.94. The van der Waals surface area contributed by atoms with Crippen molar-refractivity contribution in [3.05, 3.63) is 64.2 Å². The first-order valence-corrected chi connectivity index (χ1v) is 9.30. The summed E-state index contributed by atoms with van der Waals surface area (Å²) in [6.45, 7) is 7.93. The Hall–Kier alpha value is -2.79. The molecule has 0 saturated carbocycles. The lowest BCUT2D eigenvalue weighted by Gasteiger charge is -2.20. The van der Waals surface area contributed by atoms with E-state index in [-0.39, 0.29) is 5.57 Å². The highest BCUT2D eigenvalue weighted by Crippen LogP contribution is 2.26. The van der Waals surface area contributed by atoms with Gasteiger partial charge >= 0.3 is 0 Å². The first-order chi connectivity index (χ1) is 12.9. The Morgan fingerprint density at radius 1 is 1.07 bits per heavy atom. The van der Waals surface area contributed by atoms with E-state index in [9.17, 15) is 9.59 Å². The predicted octanol–water partition coefficient (Wildman–Crippen LogP) is 3.96. The van der Waals surface area contributed by atoms with Gasteiger partial charge in [-0.2, -0.15) is 0 Å². The number of aryl methyl sites for hydroxylation is 1. The van der Waals surface area contributed by atoms with Gasteiger partial charge in [-0.15, -0.1) is 0 Å². The summed E-state index contributed by atoms with van der Waals surface area (Å²) >= 11 is 6.14. The number of rotatable bonds is 5. The summed E-state index contributed by atoms with van der Waals surface area (Å²) in [7, 11) is 0. The summed E-state index contributed by atoms with van der Waals surface area (Å²) < 4.78 is 0. The number of amides is 2. The molecule has 0 aromatic heterocycles. The van der Waals surface area contributed by atoms with E-state index < -0.39 is 11.8 Å². The topological polar surface area (TPSA) is 52.7 Å². The van der Waals surface area contributed by atoms with E-state index in [2.05, 4.69) is 24.2 Å². The number of halogens is 1. The molecule has 2 amide bonds. The Bertz CT molecular complexity index is 902. The summed E-state index contributed by atoms with van der Waals surface area (Å²) in [5.41, 5.74) is 6.04. The molecule has 1 aliphatic rings. The molecule has 0 atom stereocenters. The molecule has 5 nitrogen and oxygen atoms in total. The molecule has 2 aromatic rings. The second-order valence-corrected chi connectivity index (χ2v) is 6.74. The van der Waals surface area contributed by atoms with Crippen LogP contribution in [0.4, 0.5) is 11.4 Å². The van der Waals surface area contributed by atoms with E-state index in [1.54, 1.807) is 18.2 Å². The first kappa shape index (κ1) is 19.0. The van der Waals surface area contributed by atoms with Crippen molar-refractivity contribution in [1.29, 1.82) is 0 Å². The smallest absolute Gasteiger partial charge is 0.282 e. The van der Waals surface area contributed by atoms with Crippen molar-refractivity contribution in [3.8, 4) is 0 Å². The number of nitrogens with zero attached hydrogens (tertiary/aromatic N) is 2. The summed E-state index contributed by atoms with van der Waals surface area (Å²) in [5, 5.41) is 1.77. The van der Waals surface area contributed by atoms with Gasteiger partial charge in [0.05, 0.1) is 5.69 Å².